The molecule has 0 spiro atoms. The van der Waals surface area contributed by atoms with Crippen molar-refractivity contribution in [3.63, 3.8) is 0 Å². The van der Waals surface area contributed by atoms with Crippen molar-refractivity contribution in [3.05, 3.63) is 99.0 Å². The molecule has 0 aromatic heterocycles. The smallest absolute Gasteiger partial charge is 0.305 e. The molecule has 1 aliphatic rings. The summed E-state index contributed by atoms with van der Waals surface area (Å²) in [5, 5.41) is 12.8. The number of nitrogens with one attached hydrogen (secondary N) is 1. The summed E-state index contributed by atoms with van der Waals surface area (Å²) >= 11 is 12.4. The number of nitrogens with zero attached hydrogens (tertiary/aromatic N) is 2. The number of aryl methyl sites for hydroxylation is 1. The molecular formula is C30H29Cl2N3O6. The van der Waals surface area contributed by atoms with Gasteiger partial charge in [-0.05, 0) is 55.3 Å². The summed E-state index contributed by atoms with van der Waals surface area (Å²) in [6.07, 6.45) is -1.39. The fraction of sp³-hybridized carbons (Fsp3) is 0.267. The van der Waals surface area contributed by atoms with Crippen molar-refractivity contribution in [3.8, 4) is 5.75 Å². The standard InChI is InChI=1S/C30H29Cl2N3O6/c1-18-6-3-7-19(14-18)25(17-26(36)37)33-27(38)28-34(29(39)20-8-4-9-22(15-20)41-2)12-5-13-35(28)30(40)23-11-10-21(31)16-24(23)32/h3-4,6-11,14-16,25,28H,5,12-13,17H2,1-2H3,(H,33,38)(H,36,37). The van der Waals surface area contributed by atoms with Gasteiger partial charge in [0.15, 0.2) is 6.17 Å². The molecule has 41 heavy (non-hydrogen) atoms. The van der Waals surface area contributed by atoms with Crippen LogP contribution < -0.4 is 10.1 Å². The van der Waals surface area contributed by atoms with Gasteiger partial charge in [0.05, 0.1) is 30.2 Å². The van der Waals surface area contributed by atoms with Crippen LogP contribution in [0.15, 0.2) is 66.7 Å². The van der Waals surface area contributed by atoms with Gasteiger partial charge in [-0.3, -0.25) is 19.2 Å². The number of rotatable bonds is 8. The number of carbonyl (C=O) groups excluding carboxylic acids is 3. The van der Waals surface area contributed by atoms with Crippen LogP contribution in [-0.2, 0) is 9.59 Å². The summed E-state index contributed by atoms with van der Waals surface area (Å²) in [6.45, 7) is 2.20. The predicted molar refractivity (Wildman–Crippen MR) is 154 cm³/mol. The first kappa shape index (κ1) is 29.9. The maximum Gasteiger partial charge on any atom is 0.305 e. The lowest BCUT2D eigenvalue weighted by atomic mass is 10.0. The topological polar surface area (TPSA) is 116 Å². The van der Waals surface area contributed by atoms with Crippen LogP contribution in [0.2, 0.25) is 10.0 Å². The highest BCUT2D eigenvalue weighted by Crippen LogP contribution is 2.28. The van der Waals surface area contributed by atoms with Crippen LogP contribution in [-0.4, -0.2) is 65.0 Å². The number of carbonyl (C=O) groups is 4. The molecule has 1 saturated heterocycles. The minimum absolute atomic E-state index is 0.0985. The molecule has 0 bridgehead atoms. The average Bonchev–Trinajstić information content (AvgIpc) is 2.95. The molecule has 1 fully saturated rings. The Labute approximate surface area is 247 Å². The van der Waals surface area contributed by atoms with E-state index in [1.54, 1.807) is 42.5 Å². The quantitative estimate of drug-likeness (QED) is 0.379. The van der Waals surface area contributed by atoms with Crippen molar-refractivity contribution in [1.29, 1.82) is 0 Å². The van der Waals surface area contributed by atoms with Gasteiger partial charge in [0.1, 0.15) is 5.75 Å². The Morgan fingerprint density at radius 2 is 1.68 bits per heavy atom. The van der Waals surface area contributed by atoms with Gasteiger partial charge < -0.3 is 25.0 Å². The number of amides is 3. The first-order valence-electron chi connectivity index (χ1n) is 12.9. The van der Waals surface area contributed by atoms with Gasteiger partial charge in [0, 0.05) is 23.7 Å². The third-order valence-electron chi connectivity index (χ3n) is 6.76. The highest BCUT2D eigenvalue weighted by atomic mass is 35.5. The van der Waals surface area contributed by atoms with E-state index in [2.05, 4.69) is 5.32 Å². The summed E-state index contributed by atoms with van der Waals surface area (Å²) < 4.78 is 5.26. The van der Waals surface area contributed by atoms with Gasteiger partial charge in [-0.15, -0.1) is 0 Å². The number of carboxylic acid groups (broad SMARTS) is 1. The summed E-state index contributed by atoms with van der Waals surface area (Å²) in [7, 11) is 1.48. The molecular weight excluding hydrogens is 569 g/mol. The molecule has 214 valence electrons. The largest absolute Gasteiger partial charge is 0.497 e. The Balaban J connectivity index is 1.75. The van der Waals surface area contributed by atoms with Crippen LogP contribution >= 0.6 is 23.2 Å². The van der Waals surface area contributed by atoms with Crippen molar-refractivity contribution in [1.82, 2.24) is 15.1 Å². The van der Waals surface area contributed by atoms with Crippen LogP contribution in [0.1, 0.15) is 50.7 Å². The normalized spacial score (nSPS) is 15.7. The number of hydrogen-bond acceptors (Lipinski definition) is 5. The molecule has 9 nitrogen and oxygen atoms in total. The van der Waals surface area contributed by atoms with Crippen LogP contribution in [0.25, 0.3) is 0 Å². The second kappa shape index (κ2) is 13.1. The molecule has 0 aliphatic carbocycles. The van der Waals surface area contributed by atoms with E-state index in [1.165, 1.54) is 35.1 Å². The van der Waals surface area contributed by atoms with E-state index in [9.17, 15) is 24.3 Å². The van der Waals surface area contributed by atoms with E-state index in [-0.39, 0.29) is 29.2 Å². The number of methoxy groups -OCH3 is 1. The van der Waals surface area contributed by atoms with Gasteiger partial charge in [0.2, 0.25) is 0 Å². The van der Waals surface area contributed by atoms with Gasteiger partial charge in [-0.1, -0.05) is 59.1 Å². The van der Waals surface area contributed by atoms with E-state index in [4.69, 9.17) is 27.9 Å². The minimum Gasteiger partial charge on any atom is -0.497 e. The number of benzene rings is 3. The number of ether oxygens (including phenoxy) is 1. The van der Waals surface area contributed by atoms with Gasteiger partial charge in [0.25, 0.3) is 17.7 Å². The van der Waals surface area contributed by atoms with Crippen LogP contribution in [0.5, 0.6) is 5.75 Å². The van der Waals surface area contributed by atoms with Crippen LogP contribution in [0.4, 0.5) is 0 Å². The molecule has 1 heterocycles. The van der Waals surface area contributed by atoms with Crippen LogP contribution in [0.3, 0.4) is 0 Å². The monoisotopic (exact) mass is 597 g/mol. The molecule has 3 amide bonds. The summed E-state index contributed by atoms with van der Waals surface area (Å²) in [5.74, 6) is -2.43. The fourth-order valence-electron chi connectivity index (χ4n) is 4.83. The first-order chi connectivity index (χ1) is 19.6. The Morgan fingerprint density at radius 1 is 0.976 bits per heavy atom. The summed E-state index contributed by atoms with van der Waals surface area (Å²) in [5.41, 5.74) is 1.85. The Bertz CT molecular complexity index is 1480. The Kier molecular flexibility index (Phi) is 9.52. The molecule has 2 atom stereocenters. The molecule has 3 aromatic rings. The van der Waals surface area contributed by atoms with Gasteiger partial charge in [-0.2, -0.15) is 0 Å². The van der Waals surface area contributed by atoms with Crippen molar-refractivity contribution in [2.24, 2.45) is 0 Å². The molecule has 0 radical (unpaired) electrons. The Hall–Kier alpha value is -4.08. The second-order valence-electron chi connectivity index (χ2n) is 9.65. The lowest BCUT2D eigenvalue weighted by molar-refractivity contribution is -0.138. The zero-order valence-corrected chi connectivity index (χ0v) is 24.0. The van der Waals surface area contributed by atoms with Crippen molar-refractivity contribution < 1.29 is 29.0 Å². The summed E-state index contributed by atoms with van der Waals surface area (Å²) in [4.78, 5) is 56.0. The highest BCUT2D eigenvalue weighted by Gasteiger charge is 2.42. The fourth-order valence-corrected chi connectivity index (χ4v) is 5.32. The third kappa shape index (κ3) is 6.99. The van der Waals surface area contributed by atoms with E-state index < -0.39 is 42.3 Å². The minimum atomic E-state index is -1.39. The first-order valence-corrected chi connectivity index (χ1v) is 13.6. The number of halogens is 2. The van der Waals surface area contributed by atoms with Gasteiger partial charge >= 0.3 is 5.97 Å². The van der Waals surface area contributed by atoms with Crippen molar-refractivity contribution in [2.45, 2.75) is 32.0 Å². The molecule has 3 aromatic carbocycles. The lowest BCUT2D eigenvalue weighted by Crippen LogP contribution is -2.63. The lowest BCUT2D eigenvalue weighted by Gasteiger charge is -2.43. The van der Waals surface area contributed by atoms with E-state index in [1.807, 2.05) is 13.0 Å². The SMILES string of the molecule is COc1cccc(C(=O)N2CCCN(C(=O)c3ccc(Cl)cc3Cl)C2C(=O)NC(CC(=O)O)c2cccc(C)c2)c1. The molecule has 2 unspecified atom stereocenters. The zero-order valence-electron chi connectivity index (χ0n) is 22.5. The molecule has 4 rings (SSSR count). The maximum atomic E-state index is 14.0. The van der Waals surface area contributed by atoms with Crippen molar-refractivity contribution in [2.75, 3.05) is 20.2 Å². The van der Waals surface area contributed by atoms with Crippen LogP contribution in [0, 0.1) is 6.92 Å². The van der Waals surface area contributed by atoms with Gasteiger partial charge in [-0.25, -0.2) is 0 Å². The maximum absolute atomic E-state index is 14.0. The predicted octanol–water partition coefficient (Wildman–Crippen LogP) is 4.96. The second-order valence-corrected chi connectivity index (χ2v) is 10.5. The number of carboxylic acids is 1. The molecule has 11 heteroatoms. The van der Waals surface area contributed by atoms with Crippen molar-refractivity contribution >= 4 is 46.9 Å². The third-order valence-corrected chi connectivity index (χ3v) is 7.31. The molecule has 2 N–H and O–H groups in total. The number of aliphatic carboxylic acids is 1. The average molecular weight is 598 g/mol. The zero-order chi connectivity index (χ0) is 29.7. The highest BCUT2D eigenvalue weighted by molar-refractivity contribution is 6.36. The van der Waals surface area contributed by atoms with E-state index >= 15 is 0 Å². The summed E-state index contributed by atoms with van der Waals surface area (Å²) in [6, 6.07) is 17.1. The molecule has 0 saturated carbocycles. The van der Waals surface area contributed by atoms with E-state index in [0.717, 1.165) is 5.56 Å². The Morgan fingerprint density at radius 3 is 2.34 bits per heavy atom. The van der Waals surface area contributed by atoms with E-state index in [0.29, 0.717) is 22.8 Å². The molecule has 1 aliphatic heterocycles. The number of hydrogen-bond donors (Lipinski definition) is 2.